The number of carbonyl (C=O) groups is 5. The fraction of sp³-hybridized carbons (Fsp3) is 0.200. The van der Waals surface area contributed by atoms with Crippen LogP contribution in [0.4, 0.5) is 24.7 Å². The molecule has 1 aromatic heterocycles. The molecule has 4 aliphatic rings. The number of nitrogens with one attached hydrogen (secondary N) is 1. The molecule has 3 fully saturated rings. The Hall–Kier alpha value is -5.83. The Morgan fingerprint density at radius 2 is 1.54 bits per heavy atom. The number of pyridine rings is 1. The fourth-order valence-electron chi connectivity index (χ4n) is 9.66. The van der Waals surface area contributed by atoms with Crippen molar-refractivity contribution in [1.82, 2.24) is 9.99 Å². The minimum atomic E-state index is -4.78. The molecule has 0 unspecified atom stereocenters. The van der Waals surface area contributed by atoms with Gasteiger partial charge in [-0.25, -0.2) is 4.98 Å². The summed E-state index contributed by atoms with van der Waals surface area (Å²) in [6, 6.07) is 26.4. The van der Waals surface area contributed by atoms with Gasteiger partial charge in [0.2, 0.25) is 11.8 Å². The number of imide groups is 2. The maximum absolute atomic E-state index is 15.4. The van der Waals surface area contributed by atoms with Crippen LogP contribution in [0.5, 0.6) is 5.75 Å². The van der Waals surface area contributed by atoms with Gasteiger partial charge in [0.15, 0.2) is 11.6 Å². The Morgan fingerprint density at radius 3 is 2.21 bits per heavy atom. The minimum absolute atomic E-state index is 0.0873. The Balaban J connectivity index is 1.16. The fourth-order valence-corrected chi connectivity index (χ4v) is 10.4. The van der Waals surface area contributed by atoms with Crippen molar-refractivity contribution in [3.8, 4) is 5.75 Å². The highest BCUT2D eigenvalue weighted by Crippen LogP contribution is 2.65. The molecule has 4 aromatic carbocycles. The zero-order chi connectivity index (χ0) is 43.1. The summed E-state index contributed by atoms with van der Waals surface area (Å²) in [5.41, 5.74) is 1.81. The number of phenols is 1. The van der Waals surface area contributed by atoms with Gasteiger partial charge in [0.05, 0.1) is 39.4 Å². The number of rotatable bonds is 7. The number of nitrogens with zero attached hydrogens (tertiary/aromatic N) is 3. The van der Waals surface area contributed by atoms with Gasteiger partial charge in [0.1, 0.15) is 5.75 Å². The third-order valence-corrected chi connectivity index (χ3v) is 13.3. The largest absolute Gasteiger partial charge is 0.508 e. The van der Waals surface area contributed by atoms with Crippen molar-refractivity contribution in [3.63, 3.8) is 0 Å². The number of benzene rings is 4. The summed E-state index contributed by atoms with van der Waals surface area (Å²) < 4.78 is 41.1. The second-order valence-corrected chi connectivity index (χ2v) is 17.1. The first kappa shape index (κ1) is 40.6. The van der Waals surface area contributed by atoms with Gasteiger partial charge in [-0.3, -0.25) is 34.3 Å². The summed E-state index contributed by atoms with van der Waals surface area (Å²) in [5, 5.41) is 12.1. The molecule has 4 amide bonds. The van der Waals surface area contributed by atoms with E-state index in [2.05, 4.69) is 26.3 Å². The zero-order valence-electron chi connectivity index (χ0n) is 31.4. The smallest absolute Gasteiger partial charge is 0.417 e. The van der Waals surface area contributed by atoms with E-state index in [1.807, 2.05) is 6.08 Å². The van der Waals surface area contributed by atoms with Gasteiger partial charge in [-0.15, -0.1) is 0 Å². The van der Waals surface area contributed by atoms with Crippen molar-refractivity contribution < 1.29 is 42.3 Å². The van der Waals surface area contributed by atoms with E-state index in [0.717, 1.165) is 4.90 Å². The lowest BCUT2D eigenvalue weighted by atomic mass is 9.49. The predicted octanol–water partition coefficient (Wildman–Crippen LogP) is 9.30. The molecule has 2 saturated heterocycles. The van der Waals surface area contributed by atoms with Crippen LogP contribution < -0.4 is 10.3 Å². The van der Waals surface area contributed by atoms with Crippen molar-refractivity contribution in [3.05, 3.63) is 163 Å². The SMILES string of the molecule is O=C(c1ccccc1)c1ccc(N2C(=O)[C@H]3[C@H](CC=C4[C@H]3C[C@H]3C(=O)N(Nc5ncc(C(F)(F)F)cc5Cl)C(=O)[C@@]3(c3ccc(Cl)cc3)[C@H]4c3cc(Br)ccc3O)C2=O)cc1. The van der Waals surface area contributed by atoms with E-state index in [1.54, 1.807) is 78.9 Å². The quantitative estimate of drug-likeness (QED) is 0.0937. The Morgan fingerprint density at radius 1 is 0.852 bits per heavy atom. The Labute approximate surface area is 364 Å². The number of hydrogen-bond acceptors (Lipinski definition) is 8. The molecule has 2 aliphatic carbocycles. The second kappa shape index (κ2) is 15.0. The van der Waals surface area contributed by atoms with Crippen molar-refractivity contribution in [2.24, 2.45) is 23.7 Å². The Kier molecular flexibility index (Phi) is 9.95. The maximum atomic E-state index is 15.4. The highest BCUT2D eigenvalue weighted by atomic mass is 79.9. The van der Waals surface area contributed by atoms with E-state index < -0.39 is 81.2 Å². The van der Waals surface area contributed by atoms with Crippen LogP contribution in [0.25, 0.3) is 0 Å². The highest BCUT2D eigenvalue weighted by molar-refractivity contribution is 9.10. The maximum Gasteiger partial charge on any atom is 0.417 e. The van der Waals surface area contributed by atoms with Crippen LogP contribution in [0.1, 0.15) is 51.4 Å². The second-order valence-electron chi connectivity index (χ2n) is 15.4. The number of hydrazine groups is 1. The van der Waals surface area contributed by atoms with Crippen LogP contribution in [0.2, 0.25) is 10.0 Å². The molecular weight excluding hydrogens is 900 g/mol. The molecule has 2 aliphatic heterocycles. The van der Waals surface area contributed by atoms with Crippen LogP contribution in [0, 0.1) is 23.7 Å². The monoisotopic (exact) mass is 928 g/mol. The summed E-state index contributed by atoms with van der Waals surface area (Å²) in [4.78, 5) is 77.4. The number of alkyl halides is 3. The first-order chi connectivity index (χ1) is 29.1. The van der Waals surface area contributed by atoms with E-state index in [4.69, 9.17) is 23.2 Å². The molecule has 2 N–H and O–H groups in total. The number of aromatic hydroxyl groups is 1. The van der Waals surface area contributed by atoms with E-state index in [-0.39, 0.29) is 35.6 Å². The van der Waals surface area contributed by atoms with Crippen molar-refractivity contribution >= 4 is 80.0 Å². The van der Waals surface area contributed by atoms with Gasteiger partial charge in [0, 0.05) is 38.3 Å². The molecule has 61 heavy (non-hydrogen) atoms. The number of carbonyl (C=O) groups excluding carboxylic acids is 5. The van der Waals surface area contributed by atoms with Gasteiger partial charge < -0.3 is 5.11 Å². The van der Waals surface area contributed by atoms with E-state index >= 15 is 4.79 Å². The highest BCUT2D eigenvalue weighted by Gasteiger charge is 2.70. The topological polar surface area (TPSA) is 137 Å². The molecule has 1 saturated carbocycles. The number of amides is 4. The van der Waals surface area contributed by atoms with Crippen molar-refractivity contribution in [2.45, 2.75) is 30.4 Å². The molecule has 9 rings (SSSR count). The summed E-state index contributed by atoms with van der Waals surface area (Å²) in [6.07, 6.45) is -2.48. The summed E-state index contributed by atoms with van der Waals surface area (Å²) in [5.74, 6) is -8.53. The minimum Gasteiger partial charge on any atom is -0.508 e. The number of allylic oxidation sites excluding steroid dienone is 2. The van der Waals surface area contributed by atoms with Gasteiger partial charge >= 0.3 is 6.18 Å². The van der Waals surface area contributed by atoms with Crippen LogP contribution in [-0.4, -0.2) is 44.5 Å². The molecule has 0 bridgehead atoms. The standard InChI is InChI=1S/C45H30BrCl2F3N4O6/c46-26-10-17-35(56)32(19-26)37-29-15-16-30-36(42(60)54(40(30)58)28-13-6-23(7-14-28)38(57)22-4-2-1-3-5-22)31(29)20-33-41(59)55(43(61)44(33,37)24-8-11-27(47)12-9-24)53-39-34(48)18-25(21-52-39)45(49,50)51/h1-15,17-19,21,30-31,33,36-37,56H,16,20H2,(H,52,53)/t30-,31+,33-,36-,37+,44+/m0/s1. The zero-order valence-corrected chi connectivity index (χ0v) is 34.5. The Bertz CT molecular complexity index is 2720. The molecular formula is C45H30BrCl2F3N4O6. The number of anilines is 2. The van der Waals surface area contributed by atoms with Crippen LogP contribution in [-0.2, 0) is 30.8 Å². The van der Waals surface area contributed by atoms with E-state index in [1.165, 1.54) is 18.2 Å². The van der Waals surface area contributed by atoms with Gasteiger partial charge in [-0.2, -0.15) is 18.2 Å². The lowest BCUT2D eigenvalue weighted by Gasteiger charge is -2.50. The average molecular weight is 931 g/mol. The molecule has 10 nitrogen and oxygen atoms in total. The van der Waals surface area contributed by atoms with Gasteiger partial charge in [0.25, 0.3) is 11.8 Å². The first-order valence-corrected chi connectivity index (χ1v) is 20.6. The average Bonchev–Trinajstić information content (AvgIpc) is 3.62. The van der Waals surface area contributed by atoms with Gasteiger partial charge in [-0.05, 0) is 85.0 Å². The molecule has 3 heterocycles. The van der Waals surface area contributed by atoms with Gasteiger partial charge in [-0.1, -0.05) is 93.2 Å². The van der Waals surface area contributed by atoms with Crippen LogP contribution in [0.3, 0.4) is 0 Å². The normalized spacial score (nSPS) is 24.6. The third-order valence-electron chi connectivity index (χ3n) is 12.3. The molecule has 5 aromatic rings. The van der Waals surface area contributed by atoms with Crippen molar-refractivity contribution in [1.29, 1.82) is 0 Å². The molecule has 0 radical (unpaired) electrons. The molecule has 6 atom stereocenters. The van der Waals surface area contributed by atoms with Crippen LogP contribution >= 0.6 is 39.1 Å². The van der Waals surface area contributed by atoms with E-state index in [9.17, 15) is 37.5 Å². The van der Waals surface area contributed by atoms with Crippen LogP contribution in [0.15, 0.2) is 125 Å². The number of hydrogen-bond donors (Lipinski definition) is 2. The molecule has 308 valence electrons. The third kappa shape index (κ3) is 6.45. The number of halogens is 6. The summed E-state index contributed by atoms with van der Waals surface area (Å²) >= 11 is 16.1. The van der Waals surface area contributed by atoms with Crippen molar-refractivity contribution in [2.75, 3.05) is 10.3 Å². The lowest BCUT2D eigenvalue weighted by molar-refractivity contribution is -0.139. The predicted molar refractivity (Wildman–Crippen MR) is 221 cm³/mol. The number of fused-ring (bicyclic) bond motifs is 4. The summed E-state index contributed by atoms with van der Waals surface area (Å²) in [7, 11) is 0. The number of aromatic nitrogens is 1. The molecule has 16 heteroatoms. The number of ketones is 1. The first-order valence-electron chi connectivity index (χ1n) is 19.0. The molecule has 0 spiro atoms. The lowest BCUT2D eigenvalue weighted by Crippen LogP contribution is -2.53. The van der Waals surface area contributed by atoms with E-state index in [0.29, 0.717) is 49.0 Å². The summed E-state index contributed by atoms with van der Waals surface area (Å²) in [6.45, 7) is 0. The number of phenolic OH excluding ortho intramolecular Hbond substituents is 1.